The maximum Gasteiger partial charge on any atom is 0.504 e. The number of fused-ring (bicyclic) bond motifs is 1. The van der Waals surface area contributed by atoms with Gasteiger partial charge in [0.1, 0.15) is 0 Å². The van der Waals surface area contributed by atoms with Crippen LogP contribution in [0.25, 0.3) is 0 Å². The fourth-order valence-corrected chi connectivity index (χ4v) is 1.76. The molecule has 78 valence electrons. The molecule has 1 unspecified atom stereocenters. The van der Waals surface area contributed by atoms with Gasteiger partial charge in [0.2, 0.25) is 0 Å². The Bertz CT molecular complexity index is 345. The van der Waals surface area contributed by atoms with Gasteiger partial charge < -0.3 is 5.11 Å². The molecule has 0 radical (unpaired) electrons. The summed E-state index contributed by atoms with van der Waals surface area (Å²) < 4.78 is 37.1. The molecule has 3 nitrogen and oxygen atoms in total. The third-order valence-corrected chi connectivity index (χ3v) is 2.37. The highest BCUT2D eigenvalue weighted by molar-refractivity contribution is 5.23. The summed E-state index contributed by atoms with van der Waals surface area (Å²) in [6.45, 7) is 0. The number of hydrogen-bond donors (Lipinski definition) is 1. The van der Waals surface area contributed by atoms with Gasteiger partial charge in [0.05, 0.1) is 18.0 Å². The third-order valence-electron chi connectivity index (χ3n) is 2.37. The Morgan fingerprint density at radius 3 is 2.86 bits per heavy atom. The SMILES string of the molecule is OC1CCCc2cnn(C(F)(F)F)c21. The molecule has 1 aromatic heterocycles. The second-order valence-corrected chi connectivity index (χ2v) is 3.34. The number of aliphatic hydroxyl groups is 1. The van der Waals surface area contributed by atoms with Crippen LogP contribution in [0.5, 0.6) is 0 Å². The molecule has 0 bridgehead atoms. The molecule has 1 heterocycles. The van der Waals surface area contributed by atoms with Crippen LogP contribution in [0, 0.1) is 0 Å². The summed E-state index contributed by atoms with van der Waals surface area (Å²) in [4.78, 5) is 0. The van der Waals surface area contributed by atoms with Crippen LogP contribution in [0.1, 0.15) is 30.2 Å². The van der Waals surface area contributed by atoms with Crippen LogP contribution in [0.15, 0.2) is 6.20 Å². The number of nitrogens with zero attached hydrogens (tertiary/aromatic N) is 2. The van der Waals surface area contributed by atoms with Gasteiger partial charge in [-0.15, -0.1) is 13.2 Å². The molecule has 1 atom stereocenters. The standard InChI is InChI=1S/C8H9F3N2O/c9-8(10,11)13-7-5(4-12-13)2-1-3-6(7)14/h4,6,14H,1-3H2. The van der Waals surface area contributed by atoms with Crippen LogP contribution in [-0.2, 0) is 12.7 Å². The molecule has 0 aromatic carbocycles. The van der Waals surface area contributed by atoms with Crippen molar-refractivity contribution >= 4 is 0 Å². The first-order valence-corrected chi connectivity index (χ1v) is 4.32. The maximum absolute atomic E-state index is 12.4. The molecule has 1 N–H and O–H groups in total. The molecule has 0 amide bonds. The van der Waals surface area contributed by atoms with Gasteiger partial charge in [-0.2, -0.15) is 9.78 Å². The molecule has 1 aliphatic carbocycles. The highest BCUT2D eigenvalue weighted by Crippen LogP contribution is 2.34. The summed E-state index contributed by atoms with van der Waals surface area (Å²) in [5, 5.41) is 12.7. The number of hydrogen-bond acceptors (Lipinski definition) is 2. The predicted molar refractivity (Wildman–Crippen MR) is 41.4 cm³/mol. The van der Waals surface area contributed by atoms with Crippen molar-refractivity contribution in [3.8, 4) is 0 Å². The second-order valence-electron chi connectivity index (χ2n) is 3.34. The lowest BCUT2D eigenvalue weighted by Crippen LogP contribution is -2.24. The van der Waals surface area contributed by atoms with E-state index >= 15 is 0 Å². The average molecular weight is 206 g/mol. The first-order chi connectivity index (χ1) is 6.50. The van der Waals surface area contributed by atoms with Crippen molar-refractivity contribution in [2.75, 3.05) is 0 Å². The maximum atomic E-state index is 12.4. The Morgan fingerprint density at radius 1 is 1.50 bits per heavy atom. The lowest BCUT2D eigenvalue weighted by molar-refractivity contribution is -0.215. The van der Waals surface area contributed by atoms with Crippen LogP contribution in [0.2, 0.25) is 0 Å². The van der Waals surface area contributed by atoms with Gasteiger partial charge in [-0.05, 0) is 24.8 Å². The fraction of sp³-hybridized carbons (Fsp3) is 0.625. The van der Waals surface area contributed by atoms with E-state index in [1.54, 1.807) is 0 Å². The Labute approximate surface area is 78.1 Å². The zero-order valence-corrected chi connectivity index (χ0v) is 7.25. The number of aliphatic hydroxyl groups excluding tert-OH is 1. The van der Waals surface area contributed by atoms with E-state index in [1.165, 1.54) is 6.20 Å². The highest BCUT2D eigenvalue weighted by atomic mass is 19.4. The highest BCUT2D eigenvalue weighted by Gasteiger charge is 2.38. The lowest BCUT2D eigenvalue weighted by atomic mass is 9.96. The minimum Gasteiger partial charge on any atom is -0.387 e. The van der Waals surface area contributed by atoms with Gasteiger partial charge in [0, 0.05) is 0 Å². The largest absolute Gasteiger partial charge is 0.504 e. The van der Waals surface area contributed by atoms with Crippen LogP contribution >= 0.6 is 0 Å². The lowest BCUT2D eigenvalue weighted by Gasteiger charge is -2.20. The molecule has 1 aromatic rings. The quantitative estimate of drug-likeness (QED) is 0.702. The average Bonchev–Trinajstić information content (AvgIpc) is 2.47. The van der Waals surface area contributed by atoms with Crippen molar-refractivity contribution < 1.29 is 18.3 Å². The topological polar surface area (TPSA) is 38.1 Å². The van der Waals surface area contributed by atoms with E-state index < -0.39 is 12.4 Å². The first-order valence-electron chi connectivity index (χ1n) is 4.32. The number of rotatable bonds is 0. The van der Waals surface area contributed by atoms with Gasteiger partial charge in [0.25, 0.3) is 0 Å². The number of aromatic nitrogens is 2. The van der Waals surface area contributed by atoms with Gasteiger partial charge in [-0.3, -0.25) is 0 Å². The van der Waals surface area contributed by atoms with Crippen molar-refractivity contribution in [2.45, 2.75) is 31.7 Å². The van der Waals surface area contributed by atoms with Gasteiger partial charge in [-0.1, -0.05) is 0 Å². The zero-order chi connectivity index (χ0) is 10.3. The minimum absolute atomic E-state index is 0.0356. The van der Waals surface area contributed by atoms with E-state index in [2.05, 4.69) is 5.10 Å². The number of halogens is 3. The molecular formula is C8H9F3N2O. The summed E-state index contributed by atoms with van der Waals surface area (Å²) in [6.07, 6.45) is -2.76. The molecule has 0 saturated heterocycles. The summed E-state index contributed by atoms with van der Waals surface area (Å²) >= 11 is 0. The van der Waals surface area contributed by atoms with E-state index in [0.717, 1.165) is 0 Å². The van der Waals surface area contributed by atoms with Gasteiger partial charge >= 0.3 is 6.30 Å². The number of aryl methyl sites for hydroxylation is 1. The predicted octanol–water partition coefficient (Wildman–Crippen LogP) is 1.73. The van der Waals surface area contributed by atoms with E-state index in [1.807, 2.05) is 0 Å². The fourth-order valence-electron chi connectivity index (χ4n) is 1.76. The molecule has 14 heavy (non-hydrogen) atoms. The summed E-state index contributed by atoms with van der Waals surface area (Å²) in [5.74, 6) is 0. The zero-order valence-electron chi connectivity index (χ0n) is 7.25. The van der Waals surface area contributed by atoms with Crippen molar-refractivity contribution in [3.63, 3.8) is 0 Å². The van der Waals surface area contributed by atoms with Crippen LogP contribution in [-0.4, -0.2) is 14.9 Å². The molecular weight excluding hydrogens is 197 g/mol. The van der Waals surface area contributed by atoms with E-state index in [9.17, 15) is 18.3 Å². The third kappa shape index (κ3) is 1.39. The molecule has 1 aliphatic rings. The molecule has 0 fully saturated rings. The molecule has 0 aliphatic heterocycles. The first kappa shape index (κ1) is 9.51. The van der Waals surface area contributed by atoms with Crippen LogP contribution in [0.4, 0.5) is 13.2 Å². The molecule has 2 rings (SSSR count). The van der Waals surface area contributed by atoms with E-state index in [0.29, 0.717) is 24.8 Å². The van der Waals surface area contributed by atoms with Gasteiger partial charge in [-0.25, -0.2) is 0 Å². The smallest absolute Gasteiger partial charge is 0.387 e. The number of alkyl halides is 3. The van der Waals surface area contributed by atoms with E-state index in [4.69, 9.17) is 0 Å². The van der Waals surface area contributed by atoms with Crippen molar-refractivity contribution in [1.29, 1.82) is 0 Å². The molecule has 6 heteroatoms. The second kappa shape index (κ2) is 2.98. The van der Waals surface area contributed by atoms with Crippen molar-refractivity contribution in [1.82, 2.24) is 9.78 Å². The Hall–Kier alpha value is -1.04. The molecule has 0 spiro atoms. The van der Waals surface area contributed by atoms with Crippen molar-refractivity contribution in [3.05, 3.63) is 17.5 Å². The van der Waals surface area contributed by atoms with E-state index in [-0.39, 0.29) is 10.4 Å². The normalized spacial score (nSPS) is 22.1. The summed E-state index contributed by atoms with van der Waals surface area (Å²) in [5.41, 5.74) is 0.407. The van der Waals surface area contributed by atoms with Gasteiger partial charge in [0.15, 0.2) is 0 Å². The van der Waals surface area contributed by atoms with Crippen LogP contribution < -0.4 is 0 Å². The Balaban J connectivity index is 2.49. The summed E-state index contributed by atoms with van der Waals surface area (Å²) in [6, 6.07) is 0. The molecule has 0 saturated carbocycles. The Morgan fingerprint density at radius 2 is 2.21 bits per heavy atom. The van der Waals surface area contributed by atoms with Crippen molar-refractivity contribution in [2.24, 2.45) is 0 Å². The summed E-state index contributed by atoms with van der Waals surface area (Å²) in [7, 11) is 0. The monoisotopic (exact) mass is 206 g/mol. The Kier molecular flexibility index (Phi) is 2.02. The minimum atomic E-state index is -4.54. The van der Waals surface area contributed by atoms with Crippen LogP contribution in [0.3, 0.4) is 0 Å².